The van der Waals surface area contributed by atoms with Crippen molar-refractivity contribution in [3.63, 3.8) is 0 Å². The molecule has 1 aliphatic rings. The molecule has 0 fully saturated rings. The summed E-state index contributed by atoms with van der Waals surface area (Å²) in [5.41, 5.74) is 0.334. The van der Waals surface area contributed by atoms with Crippen LogP contribution in [0.15, 0.2) is 6.07 Å². The number of carbonyl (C=O) groups excluding carboxylic acids is 1. The zero-order valence-electron chi connectivity index (χ0n) is 11.3. The van der Waals surface area contributed by atoms with E-state index in [1.54, 1.807) is 16.7 Å². The van der Waals surface area contributed by atoms with Crippen LogP contribution in [0, 0.1) is 0 Å². The highest BCUT2D eigenvalue weighted by Crippen LogP contribution is 2.24. The first-order chi connectivity index (χ1) is 8.40. The minimum absolute atomic E-state index is 0.329. The molecule has 0 N–H and O–H groups in total. The van der Waals surface area contributed by atoms with Gasteiger partial charge in [-0.15, -0.1) is 0 Å². The predicted molar refractivity (Wildman–Crippen MR) is 66.5 cm³/mol. The normalized spacial score (nSPS) is 14.8. The number of hydrogen-bond acceptors (Lipinski definition) is 4. The van der Waals surface area contributed by atoms with Crippen molar-refractivity contribution < 1.29 is 14.3 Å². The third-order valence-corrected chi connectivity index (χ3v) is 2.53. The minimum Gasteiger partial charge on any atom is -0.443 e. The van der Waals surface area contributed by atoms with Crippen molar-refractivity contribution in [2.24, 2.45) is 0 Å². The fraction of sp³-hybridized carbons (Fsp3) is 0.667. The first-order valence-electron chi connectivity index (χ1n) is 5.97. The van der Waals surface area contributed by atoms with Crippen molar-refractivity contribution in [2.75, 3.05) is 18.6 Å². The fourth-order valence-electron chi connectivity index (χ4n) is 1.87. The van der Waals surface area contributed by atoms with Gasteiger partial charge < -0.3 is 9.47 Å². The Balaban J connectivity index is 2.13. The van der Waals surface area contributed by atoms with Gasteiger partial charge in [0.15, 0.2) is 0 Å². The third kappa shape index (κ3) is 2.64. The lowest BCUT2D eigenvalue weighted by Crippen LogP contribution is -2.35. The summed E-state index contributed by atoms with van der Waals surface area (Å²) in [4.78, 5) is 13.6. The first kappa shape index (κ1) is 12.9. The summed E-state index contributed by atoms with van der Waals surface area (Å²) in [6.45, 7) is 7.31. The molecule has 0 aromatic carbocycles. The van der Waals surface area contributed by atoms with Gasteiger partial charge in [0.2, 0.25) is 0 Å². The molecule has 1 aromatic heterocycles. The Morgan fingerprint density at radius 1 is 1.44 bits per heavy atom. The molecule has 0 aliphatic carbocycles. The molecule has 1 aromatic rings. The number of hydrogen-bond donors (Lipinski definition) is 0. The molecule has 0 saturated carbocycles. The van der Waals surface area contributed by atoms with Gasteiger partial charge in [-0.3, -0.25) is 4.90 Å². The van der Waals surface area contributed by atoms with Crippen LogP contribution >= 0.6 is 0 Å². The van der Waals surface area contributed by atoms with Gasteiger partial charge in [-0.2, -0.15) is 5.10 Å². The lowest BCUT2D eigenvalue weighted by molar-refractivity contribution is 0.0584. The molecule has 18 heavy (non-hydrogen) atoms. The fourth-order valence-corrected chi connectivity index (χ4v) is 1.87. The number of carbonyl (C=O) groups is 1. The van der Waals surface area contributed by atoms with Crippen LogP contribution in [-0.4, -0.2) is 35.1 Å². The van der Waals surface area contributed by atoms with Crippen LogP contribution in [0.3, 0.4) is 0 Å². The smallest absolute Gasteiger partial charge is 0.416 e. The van der Waals surface area contributed by atoms with Crippen molar-refractivity contribution in [3.05, 3.63) is 11.8 Å². The predicted octanol–water partition coefficient (Wildman–Crippen LogP) is 1.78. The van der Waals surface area contributed by atoms with Gasteiger partial charge in [0.25, 0.3) is 0 Å². The maximum absolute atomic E-state index is 12.0. The largest absolute Gasteiger partial charge is 0.443 e. The van der Waals surface area contributed by atoms with E-state index in [1.807, 2.05) is 26.8 Å². The molecule has 0 atom stereocenters. The van der Waals surface area contributed by atoms with Gasteiger partial charge in [-0.1, -0.05) is 0 Å². The molecule has 0 radical (unpaired) electrons. The standard InChI is InChI=1S/C12H19N3O3/c1-12(2,3)18-11(16)14-5-6-15-10(14)7-9(13-15)8-17-4/h7H,5-6,8H2,1-4H3. The van der Waals surface area contributed by atoms with Crippen LogP contribution in [0.4, 0.5) is 10.6 Å². The van der Waals surface area contributed by atoms with Crippen molar-refractivity contribution in [3.8, 4) is 0 Å². The lowest BCUT2D eigenvalue weighted by atomic mass is 10.2. The average molecular weight is 253 g/mol. The first-order valence-corrected chi connectivity index (χ1v) is 5.97. The third-order valence-electron chi connectivity index (χ3n) is 2.53. The highest BCUT2D eigenvalue weighted by molar-refractivity contribution is 5.87. The lowest BCUT2D eigenvalue weighted by Gasteiger charge is -2.23. The van der Waals surface area contributed by atoms with E-state index in [1.165, 1.54) is 0 Å². The number of fused-ring (bicyclic) bond motifs is 1. The molecule has 6 heteroatoms. The molecule has 0 unspecified atom stereocenters. The van der Waals surface area contributed by atoms with Crippen LogP contribution < -0.4 is 4.90 Å². The Hall–Kier alpha value is -1.56. The summed E-state index contributed by atoms with van der Waals surface area (Å²) >= 11 is 0. The molecule has 0 spiro atoms. The van der Waals surface area contributed by atoms with Crippen LogP contribution in [0.25, 0.3) is 0 Å². The average Bonchev–Trinajstić information content (AvgIpc) is 2.73. The molecule has 6 nitrogen and oxygen atoms in total. The zero-order valence-corrected chi connectivity index (χ0v) is 11.3. The molecule has 2 heterocycles. The summed E-state index contributed by atoms with van der Waals surface area (Å²) in [5, 5.41) is 4.35. The van der Waals surface area contributed by atoms with Crippen molar-refractivity contribution >= 4 is 11.9 Å². The van der Waals surface area contributed by atoms with E-state index in [0.29, 0.717) is 19.7 Å². The number of nitrogens with zero attached hydrogens (tertiary/aromatic N) is 3. The molecule has 1 aliphatic heterocycles. The molecule has 100 valence electrons. The highest BCUT2D eigenvalue weighted by Gasteiger charge is 2.30. The molecule has 0 saturated heterocycles. The maximum atomic E-state index is 12.0. The van der Waals surface area contributed by atoms with Crippen LogP contribution in [0.5, 0.6) is 0 Å². The topological polar surface area (TPSA) is 56.6 Å². The number of anilines is 1. The van der Waals surface area contributed by atoms with Gasteiger partial charge in [0.1, 0.15) is 11.4 Å². The van der Waals surface area contributed by atoms with E-state index in [0.717, 1.165) is 11.5 Å². The SMILES string of the molecule is COCc1cc2n(n1)CCN2C(=O)OC(C)(C)C. The molecular formula is C12H19N3O3. The molecule has 2 rings (SSSR count). The van der Waals surface area contributed by atoms with E-state index in [9.17, 15) is 4.79 Å². The zero-order chi connectivity index (χ0) is 13.3. The van der Waals surface area contributed by atoms with Gasteiger partial charge >= 0.3 is 6.09 Å². The summed E-state index contributed by atoms with van der Waals surface area (Å²) in [5.74, 6) is 0.774. The van der Waals surface area contributed by atoms with Gasteiger partial charge in [-0.05, 0) is 20.8 Å². The number of amides is 1. The van der Waals surface area contributed by atoms with E-state index < -0.39 is 5.60 Å². The summed E-state index contributed by atoms with van der Waals surface area (Å²) in [6.07, 6.45) is -0.329. The minimum atomic E-state index is -0.486. The molecule has 0 bridgehead atoms. The Labute approximate surface area is 106 Å². The van der Waals surface area contributed by atoms with Gasteiger partial charge in [-0.25, -0.2) is 9.48 Å². The quantitative estimate of drug-likeness (QED) is 0.806. The van der Waals surface area contributed by atoms with Crippen molar-refractivity contribution in [2.45, 2.75) is 39.5 Å². The molecule has 1 amide bonds. The number of methoxy groups -OCH3 is 1. The second-order valence-electron chi connectivity index (χ2n) is 5.28. The van der Waals surface area contributed by atoms with Crippen molar-refractivity contribution in [1.29, 1.82) is 0 Å². The summed E-state index contributed by atoms with van der Waals surface area (Å²) in [7, 11) is 1.62. The van der Waals surface area contributed by atoms with Crippen molar-refractivity contribution in [1.82, 2.24) is 9.78 Å². The van der Waals surface area contributed by atoms with E-state index >= 15 is 0 Å². The number of ether oxygens (including phenoxy) is 2. The summed E-state index contributed by atoms with van der Waals surface area (Å²) in [6, 6.07) is 1.86. The Morgan fingerprint density at radius 3 is 2.78 bits per heavy atom. The Morgan fingerprint density at radius 2 is 2.17 bits per heavy atom. The Bertz CT molecular complexity index is 448. The van der Waals surface area contributed by atoms with E-state index in [4.69, 9.17) is 9.47 Å². The molecular weight excluding hydrogens is 234 g/mol. The highest BCUT2D eigenvalue weighted by atomic mass is 16.6. The van der Waals surface area contributed by atoms with Gasteiger partial charge in [0.05, 0.1) is 25.4 Å². The van der Waals surface area contributed by atoms with E-state index in [2.05, 4.69) is 5.10 Å². The maximum Gasteiger partial charge on any atom is 0.416 e. The van der Waals surface area contributed by atoms with Gasteiger partial charge in [0, 0.05) is 13.2 Å². The number of aromatic nitrogens is 2. The van der Waals surface area contributed by atoms with Crippen LogP contribution in [-0.2, 0) is 22.6 Å². The summed E-state index contributed by atoms with van der Waals surface area (Å²) < 4.78 is 12.2. The van der Waals surface area contributed by atoms with Crippen LogP contribution in [0.1, 0.15) is 26.5 Å². The number of rotatable bonds is 2. The second kappa shape index (κ2) is 4.61. The second-order valence-corrected chi connectivity index (χ2v) is 5.28. The Kier molecular flexibility index (Phi) is 3.30. The van der Waals surface area contributed by atoms with Crippen LogP contribution in [0.2, 0.25) is 0 Å². The monoisotopic (exact) mass is 253 g/mol. The van der Waals surface area contributed by atoms with E-state index in [-0.39, 0.29) is 6.09 Å².